The Morgan fingerprint density at radius 2 is 1.69 bits per heavy atom. The van der Waals surface area contributed by atoms with E-state index in [1.165, 1.54) is 6.07 Å². The molecular formula is C15H12BrF6N3O. The molecule has 0 atom stereocenters. The zero-order valence-corrected chi connectivity index (χ0v) is 14.5. The van der Waals surface area contributed by atoms with Crippen molar-refractivity contribution in [3.8, 4) is 0 Å². The number of fused-ring (bicyclic) bond motifs is 1. The van der Waals surface area contributed by atoms with Crippen LogP contribution in [-0.4, -0.2) is 16.5 Å². The molecule has 1 aliphatic heterocycles. The number of aromatic nitrogens is 2. The summed E-state index contributed by atoms with van der Waals surface area (Å²) in [6.07, 6.45) is -6.48. The number of alkyl halides is 6. The molecule has 142 valence electrons. The second kappa shape index (κ2) is 7.78. The fourth-order valence-electron chi connectivity index (χ4n) is 2.12. The van der Waals surface area contributed by atoms with Gasteiger partial charge in [-0.15, -0.1) is 0 Å². The zero-order chi connectivity index (χ0) is 19.5. The lowest BCUT2D eigenvalue weighted by Crippen LogP contribution is -2.25. The summed E-state index contributed by atoms with van der Waals surface area (Å²) < 4.78 is 72.6. The number of hydrogen-bond donors (Lipinski definition) is 2. The molecule has 0 spiro atoms. The molecule has 0 radical (unpaired) electrons. The van der Waals surface area contributed by atoms with Crippen molar-refractivity contribution in [1.82, 2.24) is 15.3 Å². The Kier molecular flexibility index (Phi) is 6.12. The van der Waals surface area contributed by atoms with E-state index in [1.807, 2.05) is 4.98 Å². The third kappa shape index (κ3) is 5.31. The molecule has 0 fully saturated rings. The van der Waals surface area contributed by atoms with Gasteiger partial charge in [0.1, 0.15) is 0 Å². The zero-order valence-electron chi connectivity index (χ0n) is 12.9. The Hall–Kier alpha value is -1.88. The van der Waals surface area contributed by atoms with Crippen LogP contribution in [-0.2, 0) is 25.3 Å². The molecule has 3 heterocycles. The van der Waals surface area contributed by atoms with Crippen molar-refractivity contribution >= 4 is 15.9 Å². The van der Waals surface area contributed by atoms with E-state index in [1.54, 1.807) is 0 Å². The molecule has 0 aromatic carbocycles. The number of rotatable bonds is 0. The van der Waals surface area contributed by atoms with E-state index < -0.39 is 29.0 Å². The lowest BCUT2D eigenvalue weighted by Gasteiger charge is -2.17. The Morgan fingerprint density at radius 1 is 1.04 bits per heavy atom. The molecule has 0 unspecified atom stereocenters. The quantitative estimate of drug-likeness (QED) is 0.607. The van der Waals surface area contributed by atoms with E-state index in [0.717, 1.165) is 24.5 Å². The van der Waals surface area contributed by atoms with E-state index >= 15 is 0 Å². The summed E-state index contributed by atoms with van der Waals surface area (Å²) in [6, 6.07) is 1.91. The van der Waals surface area contributed by atoms with Crippen LogP contribution >= 0.6 is 15.9 Å². The number of halogens is 7. The largest absolute Gasteiger partial charge is 0.417 e. The van der Waals surface area contributed by atoms with Crippen LogP contribution in [0.4, 0.5) is 26.3 Å². The topological polar surface area (TPSA) is 57.8 Å². The van der Waals surface area contributed by atoms with Gasteiger partial charge in [-0.3, -0.25) is 9.78 Å². The Labute approximate surface area is 151 Å². The second-order valence-electron chi connectivity index (χ2n) is 5.32. The second-order valence-corrected chi connectivity index (χ2v) is 6.17. The van der Waals surface area contributed by atoms with Crippen molar-refractivity contribution in [2.75, 3.05) is 6.54 Å². The minimum Gasteiger partial charge on any atom is -0.328 e. The fraction of sp³-hybridized carbons (Fsp3) is 0.333. The summed E-state index contributed by atoms with van der Waals surface area (Å²) in [5, 5.41) is 3.01. The van der Waals surface area contributed by atoms with E-state index in [4.69, 9.17) is 0 Å². The van der Waals surface area contributed by atoms with Crippen molar-refractivity contribution in [3.05, 3.63) is 61.7 Å². The van der Waals surface area contributed by atoms with Gasteiger partial charge < -0.3 is 10.3 Å². The number of pyridine rings is 2. The molecule has 0 bridgehead atoms. The van der Waals surface area contributed by atoms with Gasteiger partial charge in [0.15, 0.2) is 0 Å². The molecule has 0 saturated carbocycles. The number of aromatic amines is 1. The minimum absolute atomic E-state index is 0.127. The van der Waals surface area contributed by atoms with E-state index in [-0.39, 0.29) is 4.47 Å². The maximum absolute atomic E-state index is 12.3. The first-order valence-electron chi connectivity index (χ1n) is 7.19. The van der Waals surface area contributed by atoms with E-state index in [0.29, 0.717) is 24.7 Å². The Balaban J connectivity index is 0.000000190. The minimum atomic E-state index is -4.42. The predicted molar refractivity (Wildman–Crippen MR) is 84.4 cm³/mol. The number of hydrogen-bond acceptors (Lipinski definition) is 3. The number of H-pyrrole nitrogens is 1. The summed E-state index contributed by atoms with van der Waals surface area (Å²) in [7, 11) is 0. The third-order valence-electron chi connectivity index (χ3n) is 3.43. The average molecular weight is 444 g/mol. The molecule has 2 aromatic rings. The molecule has 3 rings (SSSR count). The first kappa shape index (κ1) is 20.4. The summed E-state index contributed by atoms with van der Waals surface area (Å²) in [4.78, 5) is 16.4. The maximum atomic E-state index is 12.3. The lowest BCUT2D eigenvalue weighted by molar-refractivity contribution is -0.138. The predicted octanol–water partition coefficient (Wildman–Crippen LogP) is 3.90. The smallest absolute Gasteiger partial charge is 0.328 e. The number of nitrogens with one attached hydrogen (secondary N) is 2. The molecular weight excluding hydrogens is 432 g/mol. The summed E-state index contributed by atoms with van der Waals surface area (Å²) in [5.41, 5.74) is -0.695. The SMILES string of the molecule is FC(F)(F)c1cnc2c(c1)CNCC2.O=c1[nH]cc(C(F)(F)F)cc1Br. The van der Waals surface area contributed by atoms with Crippen molar-refractivity contribution in [2.24, 2.45) is 0 Å². The highest BCUT2D eigenvalue weighted by Gasteiger charge is 2.32. The highest BCUT2D eigenvalue weighted by atomic mass is 79.9. The highest BCUT2D eigenvalue weighted by Crippen LogP contribution is 2.30. The van der Waals surface area contributed by atoms with Gasteiger partial charge in [0.2, 0.25) is 0 Å². The van der Waals surface area contributed by atoms with Crippen molar-refractivity contribution in [1.29, 1.82) is 0 Å². The van der Waals surface area contributed by atoms with Crippen LogP contribution < -0.4 is 10.9 Å². The van der Waals surface area contributed by atoms with Crippen molar-refractivity contribution in [3.63, 3.8) is 0 Å². The van der Waals surface area contributed by atoms with Gasteiger partial charge in [-0.05, 0) is 33.6 Å². The monoisotopic (exact) mass is 443 g/mol. The lowest BCUT2D eigenvalue weighted by atomic mass is 10.1. The normalized spacial score (nSPS) is 14.3. The summed E-state index contributed by atoms with van der Waals surface area (Å²) >= 11 is 2.69. The van der Waals surface area contributed by atoms with Gasteiger partial charge in [-0.25, -0.2) is 0 Å². The van der Waals surface area contributed by atoms with Crippen LogP contribution in [0, 0.1) is 0 Å². The summed E-state index contributed by atoms with van der Waals surface area (Å²) in [5.74, 6) is 0. The summed E-state index contributed by atoms with van der Waals surface area (Å²) in [6.45, 7) is 1.26. The Bertz CT molecular complexity index is 831. The molecule has 2 N–H and O–H groups in total. The number of nitrogens with zero attached hydrogens (tertiary/aromatic N) is 1. The molecule has 0 amide bonds. The fourth-order valence-corrected chi connectivity index (χ4v) is 2.48. The first-order valence-corrected chi connectivity index (χ1v) is 7.99. The van der Waals surface area contributed by atoms with Crippen LogP contribution in [0.25, 0.3) is 0 Å². The van der Waals surface area contributed by atoms with Gasteiger partial charge in [0, 0.05) is 37.6 Å². The van der Waals surface area contributed by atoms with Crippen molar-refractivity contribution in [2.45, 2.75) is 25.3 Å². The molecule has 26 heavy (non-hydrogen) atoms. The Morgan fingerprint density at radius 3 is 2.27 bits per heavy atom. The van der Waals surface area contributed by atoms with Crippen LogP contribution in [0.3, 0.4) is 0 Å². The van der Waals surface area contributed by atoms with Crippen LogP contribution in [0.15, 0.2) is 33.8 Å². The average Bonchev–Trinajstić information content (AvgIpc) is 2.56. The first-order chi connectivity index (χ1) is 12.0. The van der Waals surface area contributed by atoms with Gasteiger partial charge in [0.25, 0.3) is 5.56 Å². The van der Waals surface area contributed by atoms with Crippen LogP contribution in [0.5, 0.6) is 0 Å². The maximum Gasteiger partial charge on any atom is 0.417 e. The molecule has 0 saturated heterocycles. The molecule has 2 aromatic heterocycles. The van der Waals surface area contributed by atoms with Gasteiger partial charge in [-0.1, -0.05) is 0 Å². The van der Waals surface area contributed by atoms with Crippen LogP contribution in [0.1, 0.15) is 22.4 Å². The molecule has 1 aliphatic rings. The van der Waals surface area contributed by atoms with Crippen LogP contribution in [0.2, 0.25) is 0 Å². The molecule has 11 heteroatoms. The standard InChI is InChI=1S/C9H9F3N2.C6H3BrF3NO/c10-9(11,12)7-3-6-4-13-2-1-8(6)14-5-7;7-4-1-3(6(8,9)10)2-11-5(4)12/h3,5,13H,1-2,4H2;1-2H,(H,11,12). The molecule has 0 aliphatic carbocycles. The van der Waals surface area contributed by atoms with Gasteiger partial charge in [0.05, 0.1) is 15.6 Å². The van der Waals surface area contributed by atoms with E-state index in [9.17, 15) is 31.1 Å². The van der Waals surface area contributed by atoms with E-state index in [2.05, 4.69) is 26.2 Å². The van der Waals surface area contributed by atoms with Crippen molar-refractivity contribution < 1.29 is 26.3 Å². The van der Waals surface area contributed by atoms with Gasteiger partial charge in [-0.2, -0.15) is 26.3 Å². The third-order valence-corrected chi connectivity index (χ3v) is 4.02. The van der Waals surface area contributed by atoms with Gasteiger partial charge >= 0.3 is 12.4 Å². The highest BCUT2D eigenvalue weighted by molar-refractivity contribution is 9.10. The molecule has 4 nitrogen and oxygen atoms in total.